The lowest BCUT2D eigenvalue weighted by Crippen LogP contribution is -2.18. The van der Waals surface area contributed by atoms with Crippen molar-refractivity contribution in [3.8, 4) is 22.8 Å². The molecule has 4 rings (SSSR count). The lowest BCUT2D eigenvalue weighted by molar-refractivity contribution is 0.174. The fourth-order valence-corrected chi connectivity index (χ4v) is 4.06. The van der Waals surface area contributed by atoms with Crippen molar-refractivity contribution in [2.75, 3.05) is 32.3 Å². The van der Waals surface area contributed by atoms with Crippen LogP contribution in [0.4, 0.5) is 11.4 Å². The van der Waals surface area contributed by atoms with Gasteiger partial charge in [0.15, 0.2) is 16.3 Å². The highest BCUT2D eigenvalue weighted by Crippen LogP contribution is 2.36. The van der Waals surface area contributed by atoms with Crippen LogP contribution < -0.4 is 24.9 Å². The van der Waals surface area contributed by atoms with E-state index in [1.807, 2.05) is 38.4 Å². The van der Waals surface area contributed by atoms with Gasteiger partial charge in [0.05, 0.1) is 11.4 Å². The predicted octanol–water partition coefficient (Wildman–Crippen LogP) is 3.59. The lowest BCUT2D eigenvalue weighted by Gasteiger charge is -2.12. The fraction of sp³-hybridized carbons (Fsp3) is 0.286. The van der Waals surface area contributed by atoms with Gasteiger partial charge < -0.3 is 24.7 Å². The molecule has 0 saturated heterocycles. The molecule has 28 heavy (non-hydrogen) atoms. The molecule has 1 aliphatic rings. The van der Waals surface area contributed by atoms with Crippen LogP contribution in [0.2, 0.25) is 0 Å². The monoisotopic (exact) mass is 396 g/mol. The number of hydrogen-bond donors (Lipinski definition) is 1. The van der Waals surface area contributed by atoms with Crippen LogP contribution in [-0.4, -0.2) is 32.0 Å². The summed E-state index contributed by atoms with van der Waals surface area (Å²) >= 11 is 1.63. The second-order valence-electron chi connectivity index (χ2n) is 6.79. The second-order valence-corrected chi connectivity index (χ2v) is 7.62. The van der Waals surface area contributed by atoms with Crippen molar-refractivity contribution in [3.63, 3.8) is 0 Å². The Balaban J connectivity index is 1.74. The third-order valence-corrected chi connectivity index (χ3v) is 5.51. The summed E-state index contributed by atoms with van der Waals surface area (Å²) < 4.78 is 13.2. The Labute approximate surface area is 168 Å². The van der Waals surface area contributed by atoms with Gasteiger partial charge in [-0.15, -0.1) is 11.3 Å². The van der Waals surface area contributed by atoms with E-state index < -0.39 is 0 Å². The highest BCUT2D eigenvalue weighted by Gasteiger charge is 2.16. The van der Waals surface area contributed by atoms with Crippen LogP contribution in [0.15, 0.2) is 52.8 Å². The van der Waals surface area contributed by atoms with Gasteiger partial charge in [0.2, 0.25) is 6.79 Å². The zero-order valence-electron chi connectivity index (χ0n) is 16.1. The smallest absolute Gasteiger partial charge is 0.231 e. The molecule has 0 spiro atoms. The molecule has 0 atom stereocenters. The standard InChI is InChI=1S/C21H24N4O2S/c1-24(2)17-7-5-16(6-8-17)23-21-25(11-3-10-22)18(13-28-21)15-4-9-19-20(12-15)27-14-26-19/h4-9,12-13H,3,10-11,14,22H2,1-2H3/b23-21-. The number of rotatable bonds is 6. The maximum absolute atomic E-state index is 5.77. The number of ether oxygens (including phenoxy) is 2. The lowest BCUT2D eigenvalue weighted by atomic mass is 10.1. The van der Waals surface area contributed by atoms with Gasteiger partial charge in [-0.2, -0.15) is 0 Å². The number of thiazole rings is 1. The summed E-state index contributed by atoms with van der Waals surface area (Å²) in [6.07, 6.45) is 0.890. The zero-order valence-corrected chi connectivity index (χ0v) is 16.9. The third kappa shape index (κ3) is 3.76. The number of fused-ring (bicyclic) bond motifs is 1. The van der Waals surface area contributed by atoms with Gasteiger partial charge in [-0.05, 0) is 55.4 Å². The minimum absolute atomic E-state index is 0.277. The van der Waals surface area contributed by atoms with E-state index in [9.17, 15) is 0 Å². The number of nitrogens with two attached hydrogens (primary N) is 1. The molecule has 3 aromatic rings. The summed E-state index contributed by atoms with van der Waals surface area (Å²) in [7, 11) is 4.06. The molecule has 1 aromatic heterocycles. The van der Waals surface area contributed by atoms with Gasteiger partial charge in [0, 0.05) is 37.3 Å². The molecular formula is C21H24N4O2S. The van der Waals surface area contributed by atoms with E-state index in [1.165, 1.54) is 0 Å². The molecule has 0 radical (unpaired) electrons. The topological polar surface area (TPSA) is 65.0 Å². The summed E-state index contributed by atoms with van der Waals surface area (Å²) in [6.45, 7) is 1.73. The normalized spacial score (nSPS) is 13.2. The van der Waals surface area contributed by atoms with Crippen LogP contribution in [0.1, 0.15) is 6.42 Å². The van der Waals surface area contributed by atoms with Crippen molar-refractivity contribution in [1.82, 2.24) is 4.57 Å². The number of aromatic nitrogens is 1. The van der Waals surface area contributed by atoms with Gasteiger partial charge in [-0.3, -0.25) is 0 Å². The minimum atomic E-state index is 0.277. The van der Waals surface area contributed by atoms with Crippen molar-refractivity contribution < 1.29 is 9.47 Å². The van der Waals surface area contributed by atoms with E-state index in [2.05, 4.69) is 33.0 Å². The maximum Gasteiger partial charge on any atom is 0.231 e. The largest absolute Gasteiger partial charge is 0.454 e. The first-order valence-corrected chi connectivity index (χ1v) is 10.1. The van der Waals surface area contributed by atoms with Crippen LogP contribution in [0.25, 0.3) is 11.3 Å². The van der Waals surface area contributed by atoms with Gasteiger partial charge in [0.1, 0.15) is 0 Å². The summed E-state index contributed by atoms with van der Waals surface area (Å²) in [5, 5.41) is 2.14. The third-order valence-electron chi connectivity index (χ3n) is 4.64. The summed E-state index contributed by atoms with van der Waals surface area (Å²) in [6, 6.07) is 14.3. The summed E-state index contributed by atoms with van der Waals surface area (Å²) in [5.41, 5.74) is 10.1. The van der Waals surface area contributed by atoms with Crippen molar-refractivity contribution in [2.45, 2.75) is 13.0 Å². The average Bonchev–Trinajstić information content (AvgIpc) is 3.33. The molecular weight excluding hydrogens is 372 g/mol. The SMILES string of the molecule is CN(C)c1ccc(/N=c2\scc(-c3ccc4c(c3)OCO4)n2CCCN)cc1. The first-order valence-electron chi connectivity index (χ1n) is 9.26. The number of anilines is 1. The predicted molar refractivity (Wildman–Crippen MR) is 114 cm³/mol. The molecule has 0 fully saturated rings. The number of benzene rings is 2. The first-order chi connectivity index (χ1) is 13.7. The molecule has 0 bridgehead atoms. The molecule has 0 unspecified atom stereocenters. The molecule has 6 nitrogen and oxygen atoms in total. The van der Waals surface area contributed by atoms with Crippen LogP contribution >= 0.6 is 11.3 Å². The van der Waals surface area contributed by atoms with Gasteiger partial charge >= 0.3 is 0 Å². The number of hydrogen-bond acceptors (Lipinski definition) is 6. The Morgan fingerprint density at radius 3 is 2.64 bits per heavy atom. The maximum atomic E-state index is 5.77. The van der Waals surface area contributed by atoms with Crippen LogP contribution in [0.3, 0.4) is 0 Å². The van der Waals surface area contributed by atoms with Crippen molar-refractivity contribution in [2.24, 2.45) is 10.7 Å². The van der Waals surface area contributed by atoms with E-state index in [0.29, 0.717) is 6.54 Å². The molecule has 2 N–H and O–H groups in total. The summed E-state index contributed by atoms with van der Waals surface area (Å²) in [4.78, 5) is 7.91. The second kappa shape index (κ2) is 8.08. The Morgan fingerprint density at radius 2 is 1.89 bits per heavy atom. The van der Waals surface area contributed by atoms with Crippen LogP contribution in [-0.2, 0) is 6.54 Å². The van der Waals surface area contributed by atoms with E-state index in [4.69, 9.17) is 20.2 Å². The van der Waals surface area contributed by atoms with Crippen molar-refractivity contribution in [3.05, 3.63) is 52.6 Å². The Hall–Kier alpha value is -2.77. The van der Waals surface area contributed by atoms with Crippen LogP contribution in [0.5, 0.6) is 11.5 Å². The minimum Gasteiger partial charge on any atom is -0.454 e. The molecule has 0 aliphatic carbocycles. The highest BCUT2D eigenvalue weighted by molar-refractivity contribution is 7.07. The van der Waals surface area contributed by atoms with Gasteiger partial charge in [-0.25, -0.2) is 4.99 Å². The average molecular weight is 397 g/mol. The number of nitrogens with zero attached hydrogens (tertiary/aromatic N) is 3. The first kappa shape index (κ1) is 18.6. The molecule has 2 heterocycles. The molecule has 146 valence electrons. The van der Waals surface area contributed by atoms with Gasteiger partial charge in [0.25, 0.3) is 0 Å². The molecule has 0 saturated carbocycles. The Kier molecular flexibility index (Phi) is 5.36. The van der Waals surface area contributed by atoms with E-state index in [1.54, 1.807) is 11.3 Å². The molecule has 1 aliphatic heterocycles. The van der Waals surface area contributed by atoms with Crippen molar-refractivity contribution in [1.29, 1.82) is 0 Å². The highest BCUT2D eigenvalue weighted by atomic mass is 32.1. The van der Waals surface area contributed by atoms with E-state index >= 15 is 0 Å². The molecule has 2 aromatic carbocycles. The fourth-order valence-electron chi connectivity index (χ4n) is 3.11. The van der Waals surface area contributed by atoms with Crippen LogP contribution in [0, 0.1) is 0 Å². The van der Waals surface area contributed by atoms with E-state index in [-0.39, 0.29) is 6.79 Å². The molecule has 0 amide bonds. The Bertz CT molecular complexity index is 1020. The zero-order chi connectivity index (χ0) is 19.5. The summed E-state index contributed by atoms with van der Waals surface area (Å²) in [5.74, 6) is 1.57. The van der Waals surface area contributed by atoms with Gasteiger partial charge in [-0.1, -0.05) is 0 Å². The molecule has 7 heteroatoms. The van der Waals surface area contributed by atoms with Crippen molar-refractivity contribution >= 4 is 22.7 Å². The Morgan fingerprint density at radius 1 is 1.11 bits per heavy atom. The van der Waals surface area contributed by atoms with E-state index in [0.717, 1.165) is 51.9 Å². The quantitative estimate of drug-likeness (QED) is 0.692.